The molecule has 0 aliphatic carbocycles. The molecule has 2 spiro atoms. The molecule has 16 aromatic rings. The van der Waals surface area contributed by atoms with Crippen molar-refractivity contribution in [3.8, 4) is 0 Å². The number of aliphatic imine (C=N–C) groups is 1. The van der Waals surface area contributed by atoms with E-state index in [2.05, 4.69) is 304 Å². The summed E-state index contributed by atoms with van der Waals surface area (Å²) in [5, 5.41) is 20.4. The summed E-state index contributed by atoms with van der Waals surface area (Å²) >= 11 is 0. The zero-order chi connectivity index (χ0) is 62.7. The average molecular weight is 1250 g/mol. The summed E-state index contributed by atoms with van der Waals surface area (Å²) in [4.78, 5) is 22.5. The van der Waals surface area contributed by atoms with Gasteiger partial charge in [0, 0.05) is 67.7 Å². The zero-order valence-electron chi connectivity index (χ0n) is 51.8. The first-order valence-corrected chi connectivity index (χ1v) is 33.7. The van der Waals surface area contributed by atoms with Gasteiger partial charge < -0.3 is 0 Å². The summed E-state index contributed by atoms with van der Waals surface area (Å²) < 4.78 is 20.1. The van der Waals surface area contributed by atoms with Gasteiger partial charge in [-0.1, -0.05) is 174 Å². The minimum absolute atomic E-state index is 0.869. The highest BCUT2D eigenvalue weighted by Crippen LogP contribution is 2.56. The lowest BCUT2D eigenvalue weighted by Crippen LogP contribution is -2.70. The summed E-state index contributed by atoms with van der Waals surface area (Å²) in [5.74, 6) is 3.09. The molecule has 0 saturated heterocycles. The van der Waals surface area contributed by atoms with E-state index in [4.69, 9.17) is 20.0 Å². The van der Waals surface area contributed by atoms with Crippen molar-refractivity contribution in [3.63, 3.8) is 0 Å². The number of nitrogens with zero attached hydrogens (tertiary/aromatic N) is 12. The number of amidine groups is 4. The van der Waals surface area contributed by atoms with Gasteiger partial charge in [-0.25, -0.2) is 4.57 Å². The van der Waals surface area contributed by atoms with Gasteiger partial charge in [-0.3, -0.25) is 0 Å². The molecule has 16 heterocycles. The number of fused-ring (bicyclic) bond motifs is 28. The van der Waals surface area contributed by atoms with E-state index in [1.54, 1.807) is 0 Å². The second kappa shape index (κ2) is 15.7. The lowest BCUT2D eigenvalue weighted by molar-refractivity contribution is -0.807. The maximum absolute atomic E-state index is 5.69. The molecule has 0 radical (unpaired) electrons. The third kappa shape index (κ3) is 5.04. The fourth-order valence-electron chi connectivity index (χ4n) is 19.6. The van der Waals surface area contributed by atoms with Crippen LogP contribution in [0.3, 0.4) is 0 Å². The van der Waals surface area contributed by atoms with Crippen LogP contribution in [-0.4, -0.2) is 65.6 Å². The van der Waals surface area contributed by atoms with Crippen molar-refractivity contribution >= 4 is 162 Å². The first kappa shape index (κ1) is 48.4. The highest BCUT2D eigenvalue weighted by molar-refractivity contribution is 6.27. The highest BCUT2D eigenvalue weighted by atomic mass is 15.7. The van der Waals surface area contributed by atoms with Crippen LogP contribution in [0.1, 0.15) is 61.6 Å². The fraction of sp³-hybridized carbons (Fsp3) is 0.0233. The van der Waals surface area contributed by atoms with Crippen LogP contribution in [0.5, 0.6) is 0 Å². The summed E-state index contributed by atoms with van der Waals surface area (Å²) in [5.41, 5.74) is 20.6. The van der Waals surface area contributed by atoms with Crippen molar-refractivity contribution < 1.29 is 18.3 Å². The van der Waals surface area contributed by atoms with Crippen LogP contribution in [0.2, 0.25) is 0 Å². The van der Waals surface area contributed by atoms with E-state index < -0.39 is 11.8 Å². The van der Waals surface area contributed by atoms with E-state index in [1.165, 1.54) is 132 Å². The molecule has 0 saturated carbocycles. The Morgan fingerprint density at radius 2 is 0.633 bits per heavy atom. The Kier molecular flexibility index (Phi) is 7.77. The van der Waals surface area contributed by atoms with Crippen molar-refractivity contribution in [1.29, 1.82) is 0 Å². The normalized spacial score (nSPS) is 19.5. The summed E-state index contributed by atoms with van der Waals surface area (Å²) in [6.07, 6.45) is 9.62. The predicted molar refractivity (Wildman–Crippen MR) is 385 cm³/mol. The number of hydrogen-bond acceptors (Lipinski definition) is 4. The summed E-state index contributed by atoms with van der Waals surface area (Å²) in [6.45, 7) is 0. The van der Waals surface area contributed by atoms with Crippen LogP contribution in [0.15, 0.2) is 263 Å². The fourth-order valence-corrected chi connectivity index (χ4v) is 19.6. The molecule has 12 aliphatic heterocycles. The standard InChI is InChI=1S/2C43H22N6/c1-2-10-24-18-32-31(17-23(24)9-1)38-22-36-28-14-6-5-13-27(28)35-21-37-29-15-7-8-16-30(29)39-44-41-33-19-25-11-3-4-12-26(25)20-34(33)42-45-40(32)48(38)43(46(35)36,47(37)39)49(41)42;1-2-10-24-18-32-31(17-23(24)9-1)36-21-35-27-13-5-6-14-28(27)39-44-40-29-15-7-8-16-30(29)41-45-42-34-20-26-12-4-3-11-25(26)19-33(34)38-22-37(32)46(36)43(47(35)39,48(38)42)49(40)41/h2*1-22H/q2*+2. The van der Waals surface area contributed by atoms with Gasteiger partial charge in [-0.15, -0.1) is 18.3 Å². The van der Waals surface area contributed by atoms with Gasteiger partial charge in [0.2, 0.25) is 22.7 Å². The molecule has 444 valence electrons. The van der Waals surface area contributed by atoms with E-state index >= 15 is 0 Å². The SMILES string of the molecule is C1=C2c3cc4ccccc4cc3C3=[N+]2C24n5c1c1ccccc1c5N=C1c5ccccc5C(=[N+]12)N=c1c2cc5ccccc5cc2c(n14)=C3.C1=C2c3ccccc3C3=[N+]2C24n5c1c1ccccc1c5C=C1c5cc6ccccc6cc5C(=[N+]12)N=c1c2cc5ccccc5cc2c(n14)=N3. The third-order valence-electron chi connectivity index (χ3n) is 23.3. The number of rotatable bonds is 0. The van der Waals surface area contributed by atoms with Gasteiger partial charge in [0.25, 0.3) is 22.6 Å². The number of hydrogen-bond donors (Lipinski definition) is 0. The molecular weight excluding hydrogens is 1200 g/mol. The maximum Gasteiger partial charge on any atom is 0.481 e. The third-order valence-corrected chi connectivity index (χ3v) is 23.3. The van der Waals surface area contributed by atoms with Gasteiger partial charge in [0.15, 0.2) is 0 Å². The molecule has 12 aromatic carbocycles. The maximum atomic E-state index is 5.69. The van der Waals surface area contributed by atoms with Gasteiger partial charge >= 0.3 is 23.5 Å². The first-order chi connectivity index (χ1) is 48.6. The first-order valence-electron chi connectivity index (χ1n) is 33.7. The summed E-state index contributed by atoms with van der Waals surface area (Å²) in [7, 11) is 0. The van der Waals surface area contributed by atoms with Gasteiger partial charge in [0.1, 0.15) is 11.4 Å². The van der Waals surface area contributed by atoms with E-state index in [0.717, 1.165) is 89.4 Å². The summed E-state index contributed by atoms with van der Waals surface area (Å²) in [6, 6.07) is 88.7. The number of benzene rings is 12. The highest BCUT2D eigenvalue weighted by Gasteiger charge is 2.72. The smallest absolute Gasteiger partial charge is 0.241 e. The van der Waals surface area contributed by atoms with Gasteiger partial charge in [0.05, 0.1) is 66.6 Å². The zero-order valence-corrected chi connectivity index (χ0v) is 51.8. The Hall–Kier alpha value is -13.3. The molecule has 12 aliphatic rings. The van der Waals surface area contributed by atoms with Crippen molar-refractivity contribution in [2.45, 2.75) is 11.8 Å². The minimum Gasteiger partial charge on any atom is -0.241 e. The molecule has 2 atom stereocenters. The molecule has 0 fully saturated rings. The molecule has 12 nitrogen and oxygen atoms in total. The van der Waals surface area contributed by atoms with Crippen molar-refractivity contribution in [3.05, 3.63) is 326 Å². The minimum atomic E-state index is -0.869. The van der Waals surface area contributed by atoms with Crippen LogP contribution in [-0.2, 0) is 11.8 Å². The Morgan fingerprint density at radius 3 is 1.21 bits per heavy atom. The molecule has 0 bridgehead atoms. The molecule has 98 heavy (non-hydrogen) atoms. The molecule has 12 heteroatoms. The van der Waals surface area contributed by atoms with E-state index in [-0.39, 0.29) is 0 Å². The second-order valence-corrected chi connectivity index (χ2v) is 27.7. The van der Waals surface area contributed by atoms with Crippen molar-refractivity contribution in [1.82, 2.24) is 18.3 Å². The average Bonchev–Trinajstić information content (AvgIpc) is 1.46. The van der Waals surface area contributed by atoms with E-state index in [1.807, 2.05) is 0 Å². The monoisotopic (exact) mass is 1240 g/mol. The molecular formula is C86H44N12+4. The molecule has 28 rings (SSSR count). The topological polar surface area (TPSA) is 81.2 Å². The van der Waals surface area contributed by atoms with Crippen LogP contribution in [0.25, 0.3) is 128 Å². The molecule has 4 aromatic heterocycles. The van der Waals surface area contributed by atoms with Crippen LogP contribution in [0.4, 0.5) is 5.82 Å². The van der Waals surface area contributed by atoms with Gasteiger partial charge in [-0.05, 0) is 132 Å². The molecule has 2 unspecified atom stereocenters. The number of aromatic nitrogens is 4. The molecule has 0 N–H and O–H groups in total. The Morgan fingerprint density at radius 1 is 0.255 bits per heavy atom. The Labute approximate surface area is 553 Å². The van der Waals surface area contributed by atoms with Gasteiger partial charge in [-0.2, -0.15) is 13.7 Å². The van der Waals surface area contributed by atoms with E-state index in [9.17, 15) is 0 Å². The largest absolute Gasteiger partial charge is 0.481 e. The van der Waals surface area contributed by atoms with Crippen molar-refractivity contribution in [2.75, 3.05) is 0 Å². The molecule has 0 amide bonds. The second-order valence-electron chi connectivity index (χ2n) is 27.7. The lowest BCUT2D eigenvalue weighted by atomic mass is 9.97. The van der Waals surface area contributed by atoms with Crippen LogP contribution < -0.4 is 21.8 Å². The van der Waals surface area contributed by atoms with Crippen molar-refractivity contribution in [2.24, 2.45) is 20.0 Å². The lowest BCUT2D eigenvalue weighted by Gasteiger charge is -2.41. The van der Waals surface area contributed by atoms with E-state index in [0.29, 0.717) is 0 Å². The quantitative estimate of drug-likeness (QED) is 0.136. The van der Waals surface area contributed by atoms with Crippen LogP contribution >= 0.6 is 0 Å². The predicted octanol–water partition coefficient (Wildman–Crippen LogP) is 13.5. The Bertz CT molecular complexity index is 7100. The Balaban J connectivity index is 0.000000112. The van der Waals surface area contributed by atoms with Crippen LogP contribution in [0, 0.1) is 0 Å².